The quantitative estimate of drug-likeness (QED) is 0.566. The second kappa shape index (κ2) is 10.3. The van der Waals surface area contributed by atoms with E-state index in [-0.39, 0.29) is 0 Å². The number of nitrogens with zero attached hydrogens (tertiary/aromatic N) is 1. The van der Waals surface area contributed by atoms with Crippen molar-refractivity contribution < 1.29 is 14.2 Å². The third kappa shape index (κ3) is 5.93. The summed E-state index contributed by atoms with van der Waals surface area (Å²) in [4.78, 5) is 0. The zero-order chi connectivity index (χ0) is 18.8. The van der Waals surface area contributed by atoms with E-state index in [0.29, 0.717) is 32.0 Å². The van der Waals surface area contributed by atoms with Gasteiger partial charge >= 0.3 is 0 Å². The Bertz CT molecular complexity index is 800. The summed E-state index contributed by atoms with van der Waals surface area (Å²) in [5, 5.41) is 8.84. The van der Waals surface area contributed by atoms with E-state index in [1.165, 1.54) is 0 Å². The Morgan fingerprint density at radius 1 is 0.846 bits per heavy atom. The van der Waals surface area contributed by atoms with Crippen molar-refractivity contribution in [3.63, 3.8) is 0 Å². The van der Waals surface area contributed by atoms with E-state index in [1.54, 1.807) is 19.2 Å². The van der Waals surface area contributed by atoms with E-state index in [2.05, 4.69) is 17.9 Å². The molecule has 0 amide bonds. The van der Waals surface area contributed by atoms with E-state index >= 15 is 0 Å². The molecule has 0 atom stereocenters. The van der Waals surface area contributed by atoms with Crippen LogP contribution in [0.25, 0.3) is 0 Å². The molecule has 0 saturated heterocycles. The third-order valence-electron chi connectivity index (χ3n) is 3.78. The minimum absolute atomic E-state index is 0.499. The topological polar surface area (TPSA) is 51.5 Å². The van der Waals surface area contributed by atoms with Crippen molar-refractivity contribution in [3.05, 3.63) is 64.2 Å². The predicted octanol–water partition coefficient (Wildman–Crippen LogP) is 3.62. The molecule has 0 aliphatic heterocycles. The first-order valence-corrected chi connectivity index (χ1v) is 8.47. The SMILES string of the molecule is COCCOCCOc1cc(C)c(C#Cc2ccc(C#N)cc2)c(C)c1. The Labute approximate surface area is 155 Å². The zero-order valence-corrected chi connectivity index (χ0v) is 15.5. The molecule has 0 radical (unpaired) electrons. The number of nitriles is 1. The summed E-state index contributed by atoms with van der Waals surface area (Å²) >= 11 is 0. The van der Waals surface area contributed by atoms with Crippen LogP contribution in [0.1, 0.15) is 27.8 Å². The smallest absolute Gasteiger partial charge is 0.120 e. The molecule has 0 heterocycles. The largest absolute Gasteiger partial charge is 0.491 e. The molecule has 26 heavy (non-hydrogen) atoms. The van der Waals surface area contributed by atoms with Gasteiger partial charge in [0.15, 0.2) is 0 Å². The standard InChI is InChI=1S/C22H23NO3/c1-17-14-21(26-13-12-25-11-10-24-3)15-18(2)22(17)9-8-19-4-6-20(16-23)7-5-19/h4-7,14-15H,10-13H2,1-3H3. The maximum atomic E-state index is 8.84. The number of hydrogen-bond donors (Lipinski definition) is 0. The maximum Gasteiger partial charge on any atom is 0.120 e. The van der Waals surface area contributed by atoms with Crippen LogP contribution in [0.15, 0.2) is 36.4 Å². The summed E-state index contributed by atoms with van der Waals surface area (Å²) < 4.78 is 16.1. The fraction of sp³-hybridized carbons (Fsp3) is 0.318. The molecule has 2 aromatic rings. The highest BCUT2D eigenvalue weighted by Gasteiger charge is 2.04. The van der Waals surface area contributed by atoms with Gasteiger partial charge in [-0.15, -0.1) is 0 Å². The van der Waals surface area contributed by atoms with E-state index < -0.39 is 0 Å². The monoisotopic (exact) mass is 349 g/mol. The summed E-state index contributed by atoms with van der Waals surface area (Å²) in [5.41, 5.74) is 4.66. The second-order valence-electron chi connectivity index (χ2n) is 5.82. The molecule has 0 saturated carbocycles. The van der Waals surface area contributed by atoms with Gasteiger partial charge in [0, 0.05) is 18.2 Å². The van der Waals surface area contributed by atoms with Crippen molar-refractivity contribution in [1.29, 1.82) is 5.26 Å². The minimum Gasteiger partial charge on any atom is -0.491 e. The Balaban J connectivity index is 2.00. The van der Waals surface area contributed by atoms with Crippen LogP contribution in [-0.4, -0.2) is 33.5 Å². The molecule has 2 aromatic carbocycles. The van der Waals surface area contributed by atoms with Crippen LogP contribution in [0.4, 0.5) is 0 Å². The van der Waals surface area contributed by atoms with Crippen LogP contribution in [0.3, 0.4) is 0 Å². The summed E-state index contributed by atoms with van der Waals surface area (Å²) in [7, 11) is 1.65. The molecule has 2 rings (SSSR count). The van der Waals surface area contributed by atoms with Crippen molar-refractivity contribution in [2.75, 3.05) is 33.5 Å². The molecular weight excluding hydrogens is 326 g/mol. The van der Waals surface area contributed by atoms with Gasteiger partial charge in [-0.1, -0.05) is 11.8 Å². The normalized spacial score (nSPS) is 9.92. The summed E-state index contributed by atoms with van der Waals surface area (Å²) in [6.45, 7) is 6.24. The van der Waals surface area contributed by atoms with E-state index in [9.17, 15) is 0 Å². The molecule has 0 aromatic heterocycles. The van der Waals surface area contributed by atoms with Gasteiger partial charge in [0.1, 0.15) is 12.4 Å². The lowest BCUT2D eigenvalue weighted by Gasteiger charge is -2.10. The van der Waals surface area contributed by atoms with Crippen molar-refractivity contribution in [2.45, 2.75) is 13.8 Å². The lowest BCUT2D eigenvalue weighted by atomic mass is 10.0. The molecular formula is C22H23NO3. The first-order chi connectivity index (χ1) is 12.6. The van der Waals surface area contributed by atoms with Gasteiger partial charge in [-0.2, -0.15) is 5.26 Å². The van der Waals surface area contributed by atoms with Gasteiger partial charge in [0.05, 0.1) is 31.5 Å². The second-order valence-corrected chi connectivity index (χ2v) is 5.82. The number of aryl methyl sites for hydroxylation is 2. The Morgan fingerprint density at radius 2 is 1.46 bits per heavy atom. The number of methoxy groups -OCH3 is 1. The van der Waals surface area contributed by atoms with E-state index in [0.717, 1.165) is 28.0 Å². The zero-order valence-electron chi connectivity index (χ0n) is 15.5. The molecule has 134 valence electrons. The number of hydrogen-bond acceptors (Lipinski definition) is 4. The van der Waals surface area contributed by atoms with Crippen molar-refractivity contribution in [3.8, 4) is 23.7 Å². The lowest BCUT2D eigenvalue weighted by molar-refractivity contribution is 0.0544. The van der Waals surface area contributed by atoms with Gasteiger partial charge in [0.2, 0.25) is 0 Å². The van der Waals surface area contributed by atoms with Crippen molar-refractivity contribution in [1.82, 2.24) is 0 Å². The van der Waals surface area contributed by atoms with Gasteiger partial charge in [-0.3, -0.25) is 0 Å². The van der Waals surface area contributed by atoms with Crippen LogP contribution >= 0.6 is 0 Å². The predicted molar refractivity (Wildman–Crippen MR) is 101 cm³/mol. The number of rotatable bonds is 7. The van der Waals surface area contributed by atoms with Crippen LogP contribution in [0.2, 0.25) is 0 Å². The fourth-order valence-corrected chi connectivity index (χ4v) is 2.43. The fourth-order valence-electron chi connectivity index (χ4n) is 2.43. The van der Waals surface area contributed by atoms with Crippen LogP contribution in [-0.2, 0) is 9.47 Å². The molecule has 4 heteroatoms. The van der Waals surface area contributed by atoms with E-state index in [1.807, 2.05) is 38.1 Å². The van der Waals surface area contributed by atoms with Crippen molar-refractivity contribution >= 4 is 0 Å². The average molecular weight is 349 g/mol. The summed E-state index contributed by atoms with van der Waals surface area (Å²) in [6, 6.07) is 13.4. The Morgan fingerprint density at radius 3 is 2.08 bits per heavy atom. The van der Waals surface area contributed by atoms with Crippen molar-refractivity contribution in [2.24, 2.45) is 0 Å². The molecule has 0 aliphatic rings. The molecule has 4 nitrogen and oxygen atoms in total. The molecule has 0 unspecified atom stereocenters. The molecule has 0 fully saturated rings. The Kier molecular flexibility index (Phi) is 7.71. The first-order valence-electron chi connectivity index (χ1n) is 8.47. The van der Waals surface area contributed by atoms with Gasteiger partial charge in [-0.05, 0) is 61.4 Å². The molecule has 0 bridgehead atoms. The maximum absolute atomic E-state index is 8.84. The third-order valence-corrected chi connectivity index (χ3v) is 3.78. The highest BCUT2D eigenvalue weighted by Crippen LogP contribution is 2.21. The average Bonchev–Trinajstić information content (AvgIpc) is 2.64. The minimum atomic E-state index is 0.499. The first kappa shape index (κ1) is 19.5. The molecule has 0 N–H and O–H groups in total. The van der Waals surface area contributed by atoms with Gasteiger partial charge in [0.25, 0.3) is 0 Å². The molecule has 0 spiro atoms. The number of ether oxygens (including phenoxy) is 3. The summed E-state index contributed by atoms with van der Waals surface area (Å²) in [6.07, 6.45) is 0. The van der Waals surface area contributed by atoms with E-state index in [4.69, 9.17) is 19.5 Å². The van der Waals surface area contributed by atoms with Crippen LogP contribution < -0.4 is 4.74 Å². The van der Waals surface area contributed by atoms with Crippen LogP contribution in [0, 0.1) is 37.0 Å². The molecule has 0 aliphatic carbocycles. The highest BCUT2D eigenvalue weighted by molar-refractivity contribution is 5.53. The lowest BCUT2D eigenvalue weighted by Crippen LogP contribution is -2.10. The highest BCUT2D eigenvalue weighted by atomic mass is 16.5. The summed E-state index contributed by atoms with van der Waals surface area (Å²) in [5.74, 6) is 7.20. The van der Waals surface area contributed by atoms with Gasteiger partial charge < -0.3 is 14.2 Å². The van der Waals surface area contributed by atoms with Gasteiger partial charge in [-0.25, -0.2) is 0 Å². The van der Waals surface area contributed by atoms with Crippen LogP contribution in [0.5, 0.6) is 5.75 Å². The number of benzene rings is 2. The Hall–Kier alpha value is -2.79.